The molecular formula is C18H24N4O4. The number of nitrogens with one attached hydrogen (secondary N) is 1. The fourth-order valence-corrected chi connectivity index (χ4v) is 2.89. The molecule has 8 heteroatoms. The van der Waals surface area contributed by atoms with E-state index in [2.05, 4.69) is 10.3 Å². The number of hydrogen-bond donors (Lipinski definition) is 1. The van der Waals surface area contributed by atoms with Gasteiger partial charge >= 0.3 is 6.03 Å². The molecule has 2 aliphatic rings. The van der Waals surface area contributed by atoms with Gasteiger partial charge in [0, 0.05) is 18.8 Å². The zero-order valence-electron chi connectivity index (χ0n) is 15.3. The number of anilines is 1. The Hall–Kier alpha value is -2.77. The SMILES string of the molecule is COc1ccc(N2CCN(CC(=O)NCC3=NCC(C)(C)O3)C2=O)cc1. The van der Waals surface area contributed by atoms with Gasteiger partial charge in [-0.3, -0.25) is 9.69 Å². The first-order valence-electron chi connectivity index (χ1n) is 8.57. The number of hydrogen-bond acceptors (Lipinski definition) is 5. The molecule has 1 aromatic rings. The maximum absolute atomic E-state index is 12.5. The molecule has 0 aliphatic carbocycles. The molecule has 3 amide bonds. The van der Waals surface area contributed by atoms with Gasteiger partial charge in [-0.2, -0.15) is 0 Å². The average molecular weight is 360 g/mol. The van der Waals surface area contributed by atoms with Crippen LogP contribution in [0.25, 0.3) is 0 Å². The zero-order chi connectivity index (χ0) is 18.7. The van der Waals surface area contributed by atoms with Crippen LogP contribution in [-0.2, 0) is 9.53 Å². The summed E-state index contributed by atoms with van der Waals surface area (Å²) < 4.78 is 10.7. The number of carbonyl (C=O) groups is 2. The Morgan fingerprint density at radius 2 is 2.04 bits per heavy atom. The summed E-state index contributed by atoms with van der Waals surface area (Å²) in [6, 6.07) is 7.10. The number of aliphatic imine (C=N–C) groups is 1. The third-order valence-electron chi connectivity index (χ3n) is 4.28. The van der Waals surface area contributed by atoms with Crippen LogP contribution in [0.4, 0.5) is 10.5 Å². The molecule has 0 bridgehead atoms. The number of carbonyl (C=O) groups excluding carboxylic acids is 2. The molecule has 1 aromatic carbocycles. The Kier molecular flexibility index (Phi) is 5.01. The molecule has 2 aliphatic heterocycles. The third-order valence-corrected chi connectivity index (χ3v) is 4.28. The summed E-state index contributed by atoms with van der Waals surface area (Å²) in [5.41, 5.74) is 0.471. The Balaban J connectivity index is 1.49. The van der Waals surface area contributed by atoms with Gasteiger partial charge in [-0.1, -0.05) is 0 Å². The van der Waals surface area contributed by atoms with Crippen molar-refractivity contribution in [2.24, 2.45) is 4.99 Å². The summed E-state index contributed by atoms with van der Waals surface area (Å²) in [5.74, 6) is 1.03. The number of nitrogens with zero attached hydrogens (tertiary/aromatic N) is 3. The first-order chi connectivity index (χ1) is 12.4. The molecule has 1 fully saturated rings. The average Bonchev–Trinajstić information content (AvgIpc) is 3.15. The highest BCUT2D eigenvalue weighted by Crippen LogP contribution is 2.23. The highest BCUT2D eigenvalue weighted by Gasteiger charge is 2.31. The normalized spacial score (nSPS) is 18.6. The largest absolute Gasteiger partial charge is 0.497 e. The van der Waals surface area contributed by atoms with E-state index in [9.17, 15) is 9.59 Å². The number of methoxy groups -OCH3 is 1. The number of urea groups is 1. The molecule has 0 radical (unpaired) electrons. The lowest BCUT2D eigenvalue weighted by Crippen LogP contribution is -2.41. The molecule has 26 heavy (non-hydrogen) atoms. The fraction of sp³-hybridized carbons (Fsp3) is 0.500. The summed E-state index contributed by atoms with van der Waals surface area (Å²) in [7, 11) is 1.60. The standard InChI is InChI=1S/C18H24N4O4/c1-18(2)12-20-16(26-18)10-19-15(23)11-21-8-9-22(17(21)24)13-4-6-14(25-3)7-5-13/h4-7H,8-12H2,1-3H3,(H,19,23). The van der Waals surface area contributed by atoms with Gasteiger partial charge in [0.1, 0.15) is 17.9 Å². The van der Waals surface area contributed by atoms with E-state index in [1.807, 2.05) is 38.1 Å². The molecule has 0 aromatic heterocycles. The second-order valence-corrected chi connectivity index (χ2v) is 6.90. The third kappa shape index (κ3) is 4.07. The van der Waals surface area contributed by atoms with E-state index in [1.54, 1.807) is 12.0 Å². The lowest BCUT2D eigenvalue weighted by atomic mass is 10.1. The van der Waals surface area contributed by atoms with Crippen LogP contribution in [0.5, 0.6) is 5.75 Å². The van der Waals surface area contributed by atoms with Crippen molar-refractivity contribution in [1.82, 2.24) is 10.2 Å². The Morgan fingerprint density at radius 1 is 1.31 bits per heavy atom. The second-order valence-electron chi connectivity index (χ2n) is 6.90. The van der Waals surface area contributed by atoms with E-state index in [4.69, 9.17) is 9.47 Å². The summed E-state index contributed by atoms with van der Waals surface area (Å²) in [5, 5.41) is 2.76. The molecule has 0 unspecified atom stereocenters. The lowest BCUT2D eigenvalue weighted by molar-refractivity contribution is -0.121. The van der Waals surface area contributed by atoms with Crippen molar-refractivity contribution in [3.63, 3.8) is 0 Å². The quantitative estimate of drug-likeness (QED) is 0.828. The molecule has 0 spiro atoms. The van der Waals surface area contributed by atoms with Gasteiger partial charge in [0.2, 0.25) is 11.8 Å². The van der Waals surface area contributed by atoms with Gasteiger partial charge in [0.25, 0.3) is 0 Å². The minimum Gasteiger partial charge on any atom is -0.497 e. The molecule has 0 atom stereocenters. The number of amides is 3. The summed E-state index contributed by atoms with van der Waals surface area (Å²) in [6.07, 6.45) is 0. The minimum absolute atomic E-state index is 0.0160. The Labute approximate surface area is 152 Å². The van der Waals surface area contributed by atoms with Crippen molar-refractivity contribution in [3.8, 4) is 5.75 Å². The summed E-state index contributed by atoms with van der Waals surface area (Å²) >= 11 is 0. The molecule has 1 N–H and O–H groups in total. The van der Waals surface area contributed by atoms with Crippen LogP contribution in [0.1, 0.15) is 13.8 Å². The van der Waals surface area contributed by atoms with Crippen LogP contribution in [0.15, 0.2) is 29.3 Å². The summed E-state index contributed by atoms with van der Waals surface area (Å²) in [6.45, 7) is 5.78. The molecule has 1 saturated heterocycles. The first kappa shape index (κ1) is 18.0. The monoisotopic (exact) mass is 360 g/mol. The summed E-state index contributed by atoms with van der Waals surface area (Å²) in [4.78, 5) is 32.1. The molecule has 2 heterocycles. The topological polar surface area (TPSA) is 83.5 Å². The number of benzene rings is 1. The maximum Gasteiger partial charge on any atom is 0.325 e. The van der Waals surface area contributed by atoms with Crippen molar-refractivity contribution in [3.05, 3.63) is 24.3 Å². The Bertz CT molecular complexity index is 714. The van der Waals surface area contributed by atoms with Gasteiger partial charge in [-0.15, -0.1) is 0 Å². The second kappa shape index (κ2) is 7.23. The van der Waals surface area contributed by atoms with E-state index in [0.29, 0.717) is 25.5 Å². The van der Waals surface area contributed by atoms with E-state index in [-0.39, 0.29) is 30.6 Å². The number of ether oxygens (including phenoxy) is 2. The zero-order valence-corrected chi connectivity index (χ0v) is 15.3. The van der Waals surface area contributed by atoms with Crippen molar-refractivity contribution in [1.29, 1.82) is 0 Å². The van der Waals surface area contributed by atoms with Crippen molar-refractivity contribution in [2.45, 2.75) is 19.4 Å². The fourth-order valence-electron chi connectivity index (χ4n) is 2.89. The van der Waals surface area contributed by atoms with E-state index >= 15 is 0 Å². The van der Waals surface area contributed by atoms with Crippen LogP contribution in [0.2, 0.25) is 0 Å². The predicted molar refractivity (Wildman–Crippen MR) is 97.8 cm³/mol. The van der Waals surface area contributed by atoms with Crippen LogP contribution in [-0.4, -0.2) is 68.2 Å². The highest BCUT2D eigenvalue weighted by molar-refractivity contribution is 5.97. The molecule has 140 valence electrons. The van der Waals surface area contributed by atoms with Crippen molar-refractivity contribution in [2.75, 3.05) is 44.7 Å². The van der Waals surface area contributed by atoms with Gasteiger partial charge in [-0.25, -0.2) is 9.79 Å². The predicted octanol–water partition coefficient (Wildman–Crippen LogP) is 1.26. The van der Waals surface area contributed by atoms with Gasteiger partial charge in [-0.05, 0) is 38.1 Å². The van der Waals surface area contributed by atoms with E-state index in [0.717, 1.165) is 11.4 Å². The van der Waals surface area contributed by atoms with E-state index in [1.165, 1.54) is 4.90 Å². The lowest BCUT2D eigenvalue weighted by Gasteiger charge is -2.19. The molecule has 3 rings (SSSR count). The van der Waals surface area contributed by atoms with E-state index < -0.39 is 0 Å². The van der Waals surface area contributed by atoms with Crippen molar-refractivity contribution >= 4 is 23.5 Å². The van der Waals surface area contributed by atoms with Crippen molar-refractivity contribution < 1.29 is 19.1 Å². The van der Waals surface area contributed by atoms with Crippen LogP contribution < -0.4 is 15.0 Å². The minimum atomic E-state index is -0.316. The molecule has 0 saturated carbocycles. The van der Waals surface area contributed by atoms with Gasteiger partial charge in [0.05, 0.1) is 20.2 Å². The number of rotatable bonds is 6. The molecular weight excluding hydrogens is 336 g/mol. The molecule has 8 nitrogen and oxygen atoms in total. The maximum atomic E-state index is 12.5. The van der Waals surface area contributed by atoms with Gasteiger partial charge < -0.3 is 19.7 Å². The van der Waals surface area contributed by atoms with Gasteiger partial charge in [0.15, 0.2) is 0 Å². The van der Waals surface area contributed by atoms with Crippen LogP contribution in [0.3, 0.4) is 0 Å². The highest BCUT2D eigenvalue weighted by atomic mass is 16.5. The first-order valence-corrected chi connectivity index (χ1v) is 8.57. The smallest absolute Gasteiger partial charge is 0.325 e. The van der Waals surface area contributed by atoms with Crippen LogP contribution >= 0.6 is 0 Å². The Morgan fingerprint density at radius 3 is 2.65 bits per heavy atom. The van der Waals surface area contributed by atoms with Crippen LogP contribution in [0, 0.1) is 0 Å².